The van der Waals surface area contributed by atoms with Crippen LogP contribution in [-0.4, -0.2) is 0 Å². The summed E-state index contributed by atoms with van der Waals surface area (Å²) in [6.07, 6.45) is 0. The van der Waals surface area contributed by atoms with Gasteiger partial charge in [0.1, 0.15) is 11.2 Å². The normalized spacial score (nSPS) is 12.9. The number of fused-ring (bicyclic) bond motifs is 9. The van der Waals surface area contributed by atoms with Crippen LogP contribution < -0.4 is 0 Å². The Kier molecular flexibility index (Phi) is 6.03. The van der Waals surface area contributed by atoms with Gasteiger partial charge in [-0.1, -0.05) is 164 Å². The van der Waals surface area contributed by atoms with E-state index in [1.807, 2.05) is 30.3 Å². The molecule has 1 nitrogen and oxygen atoms in total. The fourth-order valence-electron chi connectivity index (χ4n) is 9.03. The maximum atomic E-state index is 9.05. The number of rotatable bonds is 4. The SMILES string of the molecule is [2H]c1c([2H])c([2H])c2c(sc3cccc(-c4ccc5c(-c6cccc7ccccc67)c6ccccc6c(-c6ccc(-c7ccccc7)c7oc8ccccc8c67)c5c4)c32)c1[2H]. The van der Waals surface area contributed by atoms with Gasteiger partial charge in [-0.05, 0) is 102 Å². The van der Waals surface area contributed by atoms with Crippen molar-refractivity contribution < 1.29 is 9.90 Å². The number of hydrogen-bond acceptors (Lipinski definition) is 2. The summed E-state index contributed by atoms with van der Waals surface area (Å²) in [5.41, 5.74) is 10.2. The van der Waals surface area contributed by atoms with Crippen molar-refractivity contribution in [3.05, 3.63) is 194 Å². The summed E-state index contributed by atoms with van der Waals surface area (Å²) in [5, 5.41) is 10.3. The van der Waals surface area contributed by atoms with Crippen molar-refractivity contribution in [1.29, 1.82) is 0 Å². The van der Waals surface area contributed by atoms with Crippen LogP contribution in [-0.2, 0) is 0 Å². The molecule has 0 fully saturated rings. The van der Waals surface area contributed by atoms with Gasteiger partial charge in [0.15, 0.2) is 0 Å². The molecule has 12 rings (SSSR count). The van der Waals surface area contributed by atoms with E-state index in [1.54, 1.807) is 0 Å². The number of furan rings is 1. The van der Waals surface area contributed by atoms with Crippen molar-refractivity contribution in [2.45, 2.75) is 0 Å². The quantitative estimate of drug-likeness (QED) is 0.164. The first-order valence-corrected chi connectivity index (χ1v) is 19.7. The van der Waals surface area contributed by atoms with Crippen molar-refractivity contribution in [2.24, 2.45) is 0 Å². The number of benzene rings is 10. The maximum Gasteiger partial charge on any atom is 0.143 e. The molecule has 2 heterocycles. The second kappa shape index (κ2) is 12.3. The minimum absolute atomic E-state index is 0.000419. The molecular weight excluding hydrogens is 697 g/mol. The molecule has 0 aliphatic heterocycles. The Labute approximate surface area is 332 Å². The Hall–Kier alpha value is -7.00. The van der Waals surface area contributed by atoms with E-state index in [2.05, 4.69) is 140 Å². The molecule has 260 valence electrons. The highest BCUT2D eigenvalue weighted by Gasteiger charge is 2.24. The van der Waals surface area contributed by atoms with Gasteiger partial charge in [0.2, 0.25) is 0 Å². The molecule has 0 aliphatic carbocycles. The lowest BCUT2D eigenvalue weighted by molar-refractivity contribution is 0.670. The third kappa shape index (κ3) is 4.60. The lowest BCUT2D eigenvalue weighted by atomic mass is 9.82. The first-order chi connectivity index (χ1) is 29.5. The largest absolute Gasteiger partial charge is 0.455 e. The number of para-hydroxylation sites is 1. The van der Waals surface area contributed by atoms with Gasteiger partial charge < -0.3 is 4.42 Å². The molecule has 10 aromatic carbocycles. The van der Waals surface area contributed by atoms with Crippen LogP contribution in [0.3, 0.4) is 0 Å². The minimum atomic E-state index is -0.218. The zero-order valence-electron chi connectivity index (χ0n) is 34.0. The van der Waals surface area contributed by atoms with Gasteiger partial charge in [-0.2, -0.15) is 0 Å². The van der Waals surface area contributed by atoms with E-state index < -0.39 is 0 Å². The van der Waals surface area contributed by atoms with Crippen LogP contribution in [0.25, 0.3) is 119 Å². The van der Waals surface area contributed by atoms with Gasteiger partial charge in [0, 0.05) is 36.5 Å². The summed E-state index contributed by atoms with van der Waals surface area (Å²) >= 11 is 1.42. The summed E-state index contributed by atoms with van der Waals surface area (Å²) in [7, 11) is 0. The molecule has 0 saturated carbocycles. The Morgan fingerprint density at radius 2 is 1.05 bits per heavy atom. The summed E-state index contributed by atoms with van der Waals surface area (Å²) in [6.45, 7) is 0. The van der Waals surface area contributed by atoms with Crippen molar-refractivity contribution in [1.82, 2.24) is 0 Å². The van der Waals surface area contributed by atoms with Gasteiger partial charge >= 0.3 is 0 Å². The zero-order chi connectivity index (χ0) is 40.2. The molecular formula is C54H32OS. The molecule has 0 amide bonds. The highest BCUT2D eigenvalue weighted by atomic mass is 32.1. The highest BCUT2D eigenvalue weighted by molar-refractivity contribution is 7.25. The van der Waals surface area contributed by atoms with Gasteiger partial charge in [-0.3, -0.25) is 0 Å². The van der Waals surface area contributed by atoms with Gasteiger partial charge in [0.05, 0.1) is 5.48 Å². The van der Waals surface area contributed by atoms with Crippen LogP contribution in [0.4, 0.5) is 0 Å². The van der Waals surface area contributed by atoms with E-state index in [4.69, 9.17) is 9.90 Å². The van der Waals surface area contributed by atoms with Crippen molar-refractivity contribution in [3.63, 3.8) is 0 Å². The average molecular weight is 733 g/mol. The topological polar surface area (TPSA) is 13.1 Å². The highest BCUT2D eigenvalue weighted by Crippen LogP contribution is 2.50. The molecule has 2 aromatic heterocycles. The molecule has 56 heavy (non-hydrogen) atoms. The Morgan fingerprint density at radius 1 is 0.393 bits per heavy atom. The van der Waals surface area contributed by atoms with E-state index in [1.165, 1.54) is 22.1 Å². The van der Waals surface area contributed by atoms with E-state index in [9.17, 15) is 0 Å². The second-order valence-corrected chi connectivity index (χ2v) is 15.4. The van der Waals surface area contributed by atoms with E-state index in [0.29, 0.717) is 10.1 Å². The molecule has 0 atom stereocenters. The Morgan fingerprint density at radius 3 is 1.93 bits per heavy atom. The maximum absolute atomic E-state index is 9.05. The van der Waals surface area contributed by atoms with Gasteiger partial charge in [-0.25, -0.2) is 0 Å². The smallest absolute Gasteiger partial charge is 0.143 e. The van der Waals surface area contributed by atoms with Crippen molar-refractivity contribution in [2.75, 3.05) is 0 Å². The van der Waals surface area contributed by atoms with E-state index in [0.717, 1.165) is 98.1 Å². The van der Waals surface area contributed by atoms with Crippen LogP contribution in [0.1, 0.15) is 5.48 Å². The molecule has 0 bridgehead atoms. The third-order valence-corrected chi connectivity index (χ3v) is 12.5. The van der Waals surface area contributed by atoms with Crippen LogP contribution >= 0.6 is 11.3 Å². The van der Waals surface area contributed by atoms with E-state index >= 15 is 0 Å². The Bertz CT molecular complexity index is 3760. The monoisotopic (exact) mass is 732 g/mol. The predicted molar refractivity (Wildman–Crippen MR) is 241 cm³/mol. The molecule has 0 radical (unpaired) electrons. The first-order valence-electron chi connectivity index (χ1n) is 20.8. The number of thiophene rings is 1. The zero-order valence-corrected chi connectivity index (χ0v) is 30.8. The molecule has 0 spiro atoms. The third-order valence-electron chi connectivity index (χ3n) is 11.4. The summed E-state index contributed by atoms with van der Waals surface area (Å²) in [4.78, 5) is 0. The van der Waals surface area contributed by atoms with Gasteiger partial charge in [-0.15, -0.1) is 11.3 Å². The summed E-state index contributed by atoms with van der Waals surface area (Å²) < 4.78 is 43.2. The van der Waals surface area contributed by atoms with Crippen molar-refractivity contribution in [3.8, 4) is 44.5 Å². The average Bonchev–Trinajstić information content (AvgIpc) is 3.89. The standard InChI is InChI=1S/C54H32OS/c1-2-14-34(15-3-1)38-30-31-45(53-43-21-8-10-25-47(43)55-54(38)53)51-41-20-7-6-19-40(41)50(39-24-12-17-33-16-4-5-18-36(33)39)42-29-28-35(32-46(42)51)37-23-13-27-49-52(37)44-22-9-11-26-48(44)56-49/h1-32H/i9D,11D,22D,26D. The van der Waals surface area contributed by atoms with Crippen LogP contribution in [0.5, 0.6) is 0 Å². The van der Waals surface area contributed by atoms with Crippen LogP contribution in [0.2, 0.25) is 0 Å². The molecule has 0 saturated heterocycles. The number of hydrogen-bond donors (Lipinski definition) is 0. The van der Waals surface area contributed by atoms with E-state index in [-0.39, 0.29) is 24.2 Å². The summed E-state index contributed by atoms with van der Waals surface area (Å²) in [6, 6.07) is 59.5. The lowest BCUT2D eigenvalue weighted by Gasteiger charge is -2.20. The molecule has 0 N–H and O–H groups in total. The lowest BCUT2D eigenvalue weighted by Crippen LogP contribution is -1.93. The Balaban J connectivity index is 1.26. The van der Waals surface area contributed by atoms with Crippen LogP contribution in [0, 0.1) is 0 Å². The second-order valence-electron chi connectivity index (χ2n) is 14.4. The van der Waals surface area contributed by atoms with Crippen molar-refractivity contribution >= 4 is 85.8 Å². The fraction of sp³-hybridized carbons (Fsp3) is 0. The van der Waals surface area contributed by atoms with Gasteiger partial charge in [0.25, 0.3) is 0 Å². The fourth-order valence-corrected chi connectivity index (χ4v) is 10.1. The minimum Gasteiger partial charge on any atom is -0.455 e. The van der Waals surface area contributed by atoms with Crippen LogP contribution in [0.15, 0.2) is 198 Å². The molecule has 12 aromatic rings. The molecule has 0 unspecified atom stereocenters. The molecule has 2 heteroatoms. The predicted octanol–water partition coefficient (Wildman–Crippen LogP) is 16.1. The molecule has 0 aliphatic rings. The first kappa shape index (κ1) is 27.6. The summed E-state index contributed by atoms with van der Waals surface area (Å²) in [5.74, 6) is 0.